The van der Waals surface area contributed by atoms with Crippen LogP contribution in [0.2, 0.25) is 0 Å². The van der Waals surface area contributed by atoms with E-state index in [4.69, 9.17) is 0 Å². The molecule has 1 aliphatic rings. The molecule has 1 aliphatic carbocycles. The van der Waals surface area contributed by atoms with Crippen molar-refractivity contribution >= 4 is 11.6 Å². The molecule has 3 aromatic rings. The molecule has 0 aliphatic heterocycles. The Morgan fingerprint density at radius 3 is 2.72 bits per heavy atom. The summed E-state index contributed by atoms with van der Waals surface area (Å²) in [5.74, 6) is 2.47. The first-order valence-electron chi connectivity index (χ1n) is 9.28. The normalized spacial score (nSPS) is 15.6. The molecule has 1 aromatic carbocycles. The van der Waals surface area contributed by atoms with Gasteiger partial charge in [0.15, 0.2) is 0 Å². The van der Waals surface area contributed by atoms with E-state index < -0.39 is 0 Å². The van der Waals surface area contributed by atoms with Crippen molar-refractivity contribution in [2.75, 3.05) is 11.9 Å². The van der Waals surface area contributed by atoms with Crippen molar-refractivity contribution in [1.82, 2.24) is 19.6 Å². The van der Waals surface area contributed by atoms with Crippen molar-refractivity contribution in [3.63, 3.8) is 0 Å². The number of aromatic nitrogens is 4. The van der Waals surface area contributed by atoms with Gasteiger partial charge in [-0.2, -0.15) is 14.6 Å². The van der Waals surface area contributed by atoms with Crippen LogP contribution < -0.4 is 5.32 Å². The molecule has 1 fully saturated rings. The Hall–Kier alpha value is -2.43. The van der Waals surface area contributed by atoms with Gasteiger partial charge < -0.3 is 5.32 Å². The minimum absolute atomic E-state index is 0.667. The van der Waals surface area contributed by atoms with E-state index >= 15 is 0 Å². The molecule has 0 spiro atoms. The Kier molecular flexibility index (Phi) is 4.63. The van der Waals surface area contributed by atoms with Gasteiger partial charge in [0.05, 0.1) is 0 Å². The Bertz CT molecular complexity index is 834. The maximum atomic E-state index is 4.64. The van der Waals surface area contributed by atoms with Crippen molar-refractivity contribution < 1.29 is 0 Å². The van der Waals surface area contributed by atoms with E-state index in [2.05, 4.69) is 57.6 Å². The lowest BCUT2D eigenvalue weighted by molar-refractivity contribution is 0.373. The van der Waals surface area contributed by atoms with E-state index in [-0.39, 0.29) is 0 Å². The van der Waals surface area contributed by atoms with Crippen LogP contribution in [0, 0.1) is 12.8 Å². The summed E-state index contributed by atoms with van der Waals surface area (Å²) < 4.78 is 1.86. The van der Waals surface area contributed by atoms with E-state index in [1.54, 1.807) is 6.33 Å². The summed E-state index contributed by atoms with van der Waals surface area (Å²) in [4.78, 5) is 8.92. The molecular weight excluding hydrogens is 310 g/mol. The SMILES string of the molecule is Cc1nc2ncnn2c(NCC2CCCCC2)c1Cc1ccccc1. The molecule has 1 saturated carbocycles. The van der Waals surface area contributed by atoms with Gasteiger partial charge >= 0.3 is 0 Å². The summed E-state index contributed by atoms with van der Waals surface area (Å²) in [5, 5.41) is 8.10. The number of fused-ring (bicyclic) bond motifs is 1. The minimum Gasteiger partial charge on any atom is -0.369 e. The molecule has 2 aromatic heterocycles. The van der Waals surface area contributed by atoms with Gasteiger partial charge in [-0.25, -0.2) is 4.98 Å². The van der Waals surface area contributed by atoms with Crippen LogP contribution in [0.3, 0.4) is 0 Å². The van der Waals surface area contributed by atoms with Crippen LogP contribution in [0.15, 0.2) is 36.7 Å². The largest absolute Gasteiger partial charge is 0.369 e. The Morgan fingerprint density at radius 2 is 1.92 bits per heavy atom. The zero-order valence-corrected chi connectivity index (χ0v) is 14.8. The molecule has 0 saturated heterocycles. The summed E-state index contributed by atoms with van der Waals surface area (Å²) in [6.07, 6.45) is 9.19. The summed E-state index contributed by atoms with van der Waals surface area (Å²) in [7, 11) is 0. The van der Waals surface area contributed by atoms with Gasteiger partial charge in [0, 0.05) is 24.2 Å². The van der Waals surface area contributed by atoms with Gasteiger partial charge in [-0.3, -0.25) is 0 Å². The van der Waals surface area contributed by atoms with Crippen LogP contribution in [0.1, 0.15) is 48.9 Å². The highest BCUT2D eigenvalue weighted by atomic mass is 15.4. The van der Waals surface area contributed by atoms with Crippen LogP contribution in [-0.4, -0.2) is 26.1 Å². The van der Waals surface area contributed by atoms with Gasteiger partial charge in [0.2, 0.25) is 0 Å². The van der Waals surface area contributed by atoms with E-state index in [0.29, 0.717) is 5.78 Å². The van der Waals surface area contributed by atoms with Gasteiger partial charge in [0.25, 0.3) is 5.78 Å². The molecule has 5 heteroatoms. The number of hydrogen-bond acceptors (Lipinski definition) is 4. The standard InChI is InChI=1S/C20H25N5/c1-15-18(12-16-8-4-2-5-9-16)19(25-20(24-15)22-14-23-25)21-13-17-10-6-3-7-11-17/h2,4-5,8-9,14,17,21H,3,6-7,10-13H2,1H3. The average molecular weight is 335 g/mol. The second-order valence-corrected chi connectivity index (χ2v) is 7.04. The zero-order chi connectivity index (χ0) is 17.1. The third-order valence-corrected chi connectivity index (χ3v) is 5.24. The predicted molar refractivity (Wildman–Crippen MR) is 99.8 cm³/mol. The Labute approximate surface area is 148 Å². The smallest absolute Gasteiger partial charge is 0.254 e. The van der Waals surface area contributed by atoms with Crippen molar-refractivity contribution in [3.8, 4) is 0 Å². The Balaban J connectivity index is 1.66. The van der Waals surface area contributed by atoms with Crippen LogP contribution in [-0.2, 0) is 6.42 Å². The van der Waals surface area contributed by atoms with Crippen LogP contribution in [0.5, 0.6) is 0 Å². The lowest BCUT2D eigenvalue weighted by atomic mass is 9.89. The molecule has 0 radical (unpaired) electrons. The fourth-order valence-electron chi connectivity index (χ4n) is 3.81. The van der Waals surface area contributed by atoms with Crippen molar-refractivity contribution in [3.05, 3.63) is 53.5 Å². The second-order valence-electron chi connectivity index (χ2n) is 7.04. The predicted octanol–water partition coefficient (Wildman–Crippen LogP) is 4.02. The highest BCUT2D eigenvalue weighted by Crippen LogP contribution is 2.26. The second kappa shape index (κ2) is 7.21. The maximum Gasteiger partial charge on any atom is 0.254 e. The number of nitrogens with zero attached hydrogens (tertiary/aromatic N) is 4. The van der Waals surface area contributed by atoms with E-state index in [0.717, 1.165) is 30.4 Å². The van der Waals surface area contributed by atoms with Crippen LogP contribution in [0.25, 0.3) is 5.78 Å². The lowest BCUT2D eigenvalue weighted by Gasteiger charge is -2.23. The number of nitrogens with one attached hydrogen (secondary N) is 1. The molecule has 4 rings (SSSR count). The molecule has 5 nitrogen and oxygen atoms in total. The van der Waals surface area contributed by atoms with Crippen LogP contribution >= 0.6 is 0 Å². The first kappa shape index (κ1) is 16.1. The molecule has 0 atom stereocenters. The molecular formula is C20H25N5. The first-order valence-corrected chi connectivity index (χ1v) is 9.28. The van der Waals surface area contributed by atoms with Gasteiger partial charge in [-0.05, 0) is 31.2 Å². The topological polar surface area (TPSA) is 55.1 Å². The number of benzene rings is 1. The molecule has 0 amide bonds. The third-order valence-electron chi connectivity index (χ3n) is 5.24. The van der Waals surface area contributed by atoms with E-state index in [9.17, 15) is 0 Å². The molecule has 0 unspecified atom stereocenters. The first-order chi connectivity index (χ1) is 12.3. The monoisotopic (exact) mass is 335 g/mol. The highest BCUT2D eigenvalue weighted by molar-refractivity contribution is 5.54. The lowest BCUT2D eigenvalue weighted by Crippen LogP contribution is -2.20. The molecule has 130 valence electrons. The number of anilines is 1. The number of aryl methyl sites for hydroxylation is 1. The van der Waals surface area contributed by atoms with E-state index in [1.807, 2.05) is 4.52 Å². The highest BCUT2D eigenvalue weighted by Gasteiger charge is 2.18. The summed E-state index contributed by atoms with van der Waals surface area (Å²) in [6.45, 7) is 3.07. The summed E-state index contributed by atoms with van der Waals surface area (Å²) in [5.41, 5.74) is 3.52. The third kappa shape index (κ3) is 3.50. The summed E-state index contributed by atoms with van der Waals surface area (Å²) in [6, 6.07) is 10.5. The van der Waals surface area contributed by atoms with Gasteiger partial charge in [-0.15, -0.1) is 0 Å². The van der Waals surface area contributed by atoms with Crippen molar-refractivity contribution in [2.45, 2.75) is 45.4 Å². The molecule has 25 heavy (non-hydrogen) atoms. The quantitative estimate of drug-likeness (QED) is 0.765. The molecule has 2 heterocycles. The average Bonchev–Trinajstić information content (AvgIpc) is 3.11. The van der Waals surface area contributed by atoms with Gasteiger partial charge in [0.1, 0.15) is 12.1 Å². The minimum atomic E-state index is 0.667. The van der Waals surface area contributed by atoms with E-state index in [1.165, 1.54) is 43.2 Å². The Morgan fingerprint density at radius 1 is 1.12 bits per heavy atom. The zero-order valence-electron chi connectivity index (χ0n) is 14.8. The van der Waals surface area contributed by atoms with Gasteiger partial charge in [-0.1, -0.05) is 49.6 Å². The number of rotatable bonds is 5. The maximum absolute atomic E-state index is 4.64. The van der Waals surface area contributed by atoms with Crippen molar-refractivity contribution in [1.29, 1.82) is 0 Å². The van der Waals surface area contributed by atoms with Crippen molar-refractivity contribution in [2.24, 2.45) is 5.92 Å². The fourth-order valence-corrected chi connectivity index (χ4v) is 3.81. The molecule has 0 bridgehead atoms. The number of hydrogen-bond donors (Lipinski definition) is 1. The fraction of sp³-hybridized carbons (Fsp3) is 0.450. The molecule has 1 N–H and O–H groups in total. The van der Waals surface area contributed by atoms with Crippen LogP contribution in [0.4, 0.5) is 5.82 Å². The summed E-state index contributed by atoms with van der Waals surface area (Å²) >= 11 is 0.